The van der Waals surface area contributed by atoms with Crippen LogP contribution in [0.2, 0.25) is 0 Å². The average molecular weight is 193 g/mol. The Labute approximate surface area is 69.0 Å². The Morgan fingerprint density at radius 2 is 2.33 bits per heavy atom. The van der Waals surface area contributed by atoms with E-state index >= 15 is 0 Å². The Balaban J connectivity index is 3.30. The monoisotopic (exact) mass is 193 g/mol. The van der Waals surface area contributed by atoms with Crippen molar-refractivity contribution < 1.29 is 12.8 Å². The van der Waals surface area contributed by atoms with Gasteiger partial charge in [0.2, 0.25) is 16.0 Å². The number of nitrogens with zero attached hydrogens (tertiary/aromatic N) is 2. The van der Waals surface area contributed by atoms with Crippen LogP contribution in [0.3, 0.4) is 0 Å². The van der Waals surface area contributed by atoms with E-state index in [-0.39, 0.29) is 6.54 Å². The molecule has 5 nitrogen and oxygen atoms in total. The van der Waals surface area contributed by atoms with Gasteiger partial charge in [-0.3, -0.25) is 0 Å². The number of halogens is 1. The molecule has 0 radical (unpaired) electrons. The van der Waals surface area contributed by atoms with Crippen molar-refractivity contribution in [1.82, 2.24) is 9.78 Å². The first-order chi connectivity index (χ1) is 5.46. The molecule has 7 heteroatoms. The number of aromatic nitrogens is 2. The molecular weight excluding hydrogens is 185 g/mol. The lowest BCUT2D eigenvalue weighted by Crippen LogP contribution is -2.13. The van der Waals surface area contributed by atoms with Gasteiger partial charge in [-0.2, -0.15) is 9.49 Å². The van der Waals surface area contributed by atoms with Gasteiger partial charge in [-0.1, -0.05) is 0 Å². The molecule has 0 aromatic carbocycles. The van der Waals surface area contributed by atoms with Gasteiger partial charge in [0, 0.05) is 6.54 Å². The van der Waals surface area contributed by atoms with Crippen LogP contribution >= 0.6 is 0 Å². The van der Waals surface area contributed by atoms with Gasteiger partial charge in [0.05, 0.1) is 6.20 Å². The highest BCUT2D eigenvalue weighted by Crippen LogP contribution is 2.10. The number of nitrogens with two attached hydrogens (primary N) is 1. The van der Waals surface area contributed by atoms with Crippen molar-refractivity contribution >= 4 is 10.0 Å². The summed E-state index contributed by atoms with van der Waals surface area (Å²) in [5.74, 6) is -0.917. The van der Waals surface area contributed by atoms with E-state index in [4.69, 9.17) is 5.14 Å². The first-order valence-electron chi connectivity index (χ1n) is 3.21. The van der Waals surface area contributed by atoms with Gasteiger partial charge in [0.15, 0.2) is 4.90 Å². The maximum absolute atomic E-state index is 13.0. The van der Waals surface area contributed by atoms with Gasteiger partial charge >= 0.3 is 0 Å². The summed E-state index contributed by atoms with van der Waals surface area (Å²) in [6, 6.07) is 0. The molecule has 0 bridgehead atoms. The number of hydrogen-bond donors (Lipinski definition) is 1. The van der Waals surface area contributed by atoms with E-state index in [9.17, 15) is 12.8 Å². The van der Waals surface area contributed by atoms with E-state index in [1.165, 1.54) is 0 Å². The molecule has 12 heavy (non-hydrogen) atoms. The fourth-order valence-electron chi connectivity index (χ4n) is 0.765. The standard InChI is InChI=1S/C5H8FN3O2S/c1-2-9-5(6)4(3-8-9)12(7,10)11/h3H,2H2,1H3,(H2,7,10,11). The second-order valence-electron chi connectivity index (χ2n) is 2.16. The van der Waals surface area contributed by atoms with Crippen molar-refractivity contribution in [2.45, 2.75) is 18.4 Å². The third-order valence-corrected chi connectivity index (χ3v) is 2.24. The van der Waals surface area contributed by atoms with Crippen molar-refractivity contribution in [3.8, 4) is 0 Å². The zero-order chi connectivity index (χ0) is 9.35. The maximum Gasteiger partial charge on any atom is 0.244 e. The summed E-state index contributed by atoms with van der Waals surface area (Å²) >= 11 is 0. The van der Waals surface area contributed by atoms with Crippen LogP contribution in [0.1, 0.15) is 6.92 Å². The number of aryl methyl sites for hydroxylation is 1. The topological polar surface area (TPSA) is 78.0 Å². The predicted octanol–water partition coefficient (Wildman–Crippen LogP) is -0.310. The second-order valence-corrected chi connectivity index (χ2v) is 3.69. The summed E-state index contributed by atoms with van der Waals surface area (Å²) in [6.45, 7) is 1.91. The highest BCUT2D eigenvalue weighted by Gasteiger charge is 2.18. The molecule has 0 spiro atoms. The average Bonchev–Trinajstić information content (AvgIpc) is 2.29. The van der Waals surface area contributed by atoms with Gasteiger partial charge in [-0.15, -0.1) is 0 Å². The Kier molecular flexibility index (Phi) is 2.16. The van der Waals surface area contributed by atoms with Crippen LogP contribution in [-0.2, 0) is 16.6 Å². The summed E-state index contributed by atoms with van der Waals surface area (Å²) < 4.78 is 35.2. The highest BCUT2D eigenvalue weighted by atomic mass is 32.2. The molecule has 1 aromatic rings. The van der Waals surface area contributed by atoms with Crippen LogP contribution in [-0.4, -0.2) is 18.2 Å². The lowest BCUT2D eigenvalue weighted by molar-refractivity contribution is 0.454. The van der Waals surface area contributed by atoms with Crippen molar-refractivity contribution in [2.75, 3.05) is 0 Å². The van der Waals surface area contributed by atoms with Crippen LogP contribution in [0.4, 0.5) is 4.39 Å². The molecule has 0 saturated heterocycles. The van der Waals surface area contributed by atoms with Crippen molar-refractivity contribution in [1.29, 1.82) is 0 Å². The van der Waals surface area contributed by atoms with Crippen LogP contribution in [0.25, 0.3) is 0 Å². The van der Waals surface area contributed by atoms with Crippen LogP contribution in [0, 0.1) is 5.95 Å². The Bertz CT molecular complexity index is 383. The third kappa shape index (κ3) is 1.46. The van der Waals surface area contributed by atoms with E-state index in [1.54, 1.807) is 6.92 Å². The first kappa shape index (κ1) is 9.14. The van der Waals surface area contributed by atoms with E-state index in [0.717, 1.165) is 10.9 Å². The molecule has 0 amide bonds. The van der Waals surface area contributed by atoms with Gasteiger partial charge in [0.25, 0.3) is 0 Å². The molecule has 0 unspecified atom stereocenters. The summed E-state index contributed by atoms with van der Waals surface area (Å²) in [7, 11) is -3.98. The number of rotatable bonds is 2. The summed E-state index contributed by atoms with van der Waals surface area (Å²) in [5, 5.41) is 8.19. The molecule has 1 aromatic heterocycles. The van der Waals surface area contributed by atoms with Crippen molar-refractivity contribution in [3.63, 3.8) is 0 Å². The van der Waals surface area contributed by atoms with Gasteiger partial charge in [-0.05, 0) is 6.92 Å². The van der Waals surface area contributed by atoms with Gasteiger partial charge in [0.1, 0.15) is 0 Å². The quantitative estimate of drug-likeness (QED) is 0.699. The molecule has 1 rings (SSSR count). The summed E-state index contributed by atoms with van der Waals surface area (Å²) in [6.07, 6.45) is 0.897. The maximum atomic E-state index is 13.0. The molecule has 0 saturated carbocycles. The zero-order valence-corrected chi connectivity index (χ0v) is 7.18. The lowest BCUT2D eigenvalue weighted by atomic mass is 10.7. The van der Waals surface area contributed by atoms with Gasteiger partial charge in [-0.25, -0.2) is 18.2 Å². The van der Waals surface area contributed by atoms with Crippen LogP contribution in [0.5, 0.6) is 0 Å². The number of primary sulfonamides is 1. The van der Waals surface area contributed by atoms with E-state index in [1.807, 2.05) is 0 Å². The van der Waals surface area contributed by atoms with Crippen LogP contribution in [0.15, 0.2) is 11.1 Å². The fraction of sp³-hybridized carbons (Fsp3) is 0.400. The molecule has 0 aliphatic carbocycles. The molecule has 1 heterocycles. The first-order valence-corrected chi connectivity index (χ1v) is 4.75. The number of hydrogen-bond acceptors (Lipinski definition) is 3. The normalized spacial score (nSPS) is 11.9. The Morgan fingerprint density at radius 1 is 1.75 bits per heavy atom. The Hall–Kier alpha value is -0.950. The van der Waals surface area contributed by atoms with Crippen molar-refractivity contribution in [2.24, 2.45) is 5.14 Å². The molecule has 0 aliphatic rings. The highest BCUT2D eigenvalue weighted by molar-refractivity contribution is 7.89. The second kappa shape index (κ2) is 2.83. The minimum atomic E-state index is -3.98. The van der Waals surface area contributed by atoms with E-state index in [0.29, 0.717) is 0 Å². The van der Waals surface area contributed by atoms with Crippen molar-refractivity contribution in [3.05, 3.63) is 12.1 Å². The SMILES string of the molecule is CCn1ncc(S(N)(=O)=O)c1F. The summed E-state index contributed by atoms with van der Waals surface area (Å²) in [4.78, 5) is -0.565. The summed E-state index contributed by atoms with van der Waals surface area (Å²) in [5.41, 5.74) is 0. The molecule has 0 fully saturated rings. The molecule has 68 valence electrons. The van der Waals surface area contributed by atoms with E-state index in [2.05, 4.69) is 5.10 Å². The molecular formula is C5H8FN3O2S. The van der Waals surface area contributed by atoms with Gasteiger partial charge < -0.3 is 0 Å². The minimum Gasteiger partial charge on any atom is -0.239 e. The fourth-order valence-corrected chi connectivity index (χ4v) is 1.30. The predicted molar refractivity (Wildman–Crippen MR) is 39.2 cm³/mol. The molecule has 0 atom stereocenters. The largest absolute Gasteiger partial charge is 0.244 e. The molecule has 2 N–H and O–H groups in total. The lowest BCUT2D eigenvalue weighted by Gasteiger charge is -1.95. The third-order valence-electron chi connectivity index (χ3n) is 1.35. The minimum absolute atomic E-state index is 0.265. The zero-order valence-electron chi connectivity index (χ0n) is 6.36. The molecule has 0 aliphatic heterocycles. The Morgan fingerprint density at radius 3 is 2.58 bits per heavy atom. The number of sulfonamides is 1. The van der Waals surface area contributed by atoms with Crippen LogP contribution < -0.4 is 5.14 Å². The smallest absolute Gasteiger partial charge is 0.239 e. The van der Waals surface area contributed by atoms with E-state index < -0.39 is 20.9 Å².